The standard InChI is InChI=1S/C5H9NO.C3H6/c7-5-1-3-6-4-2-5;1-3-2/h6H,1-4H2;3H,1H2,2H3. The van der Waals surface area contributed by atoms with E-state index in [0.29, 0.717) is 5.78 Å². The zero-order valence-corrected chi connectivity index (χ0v) is 6.52. The third-order valence-corrected chi connectivity index (χ3v) is 1.16. The lowest BCUT2D eigenvalue weighted by atomic mass is 10.1. The number of carbonyl (C=O) groups is 1. The first kappa shape index (κ1) is 9.37. The Balaban J connectivity index is 0.000000236. The third-order valence-electron chi connectivity index (χ3n) is 1.16. The molecule has 0 aliphatic carbocycles. The van der Waals surface area contributed by atoms with Crippen LogP contribution >= 0.6 is 0 Å². The van der Waals surface area contributed by atoms with Gasteiger partial charge < -0.3 is 5.32 Å². The Morgan fingerprint density at radius 2 is 1.90 bits per heavy atom. The Morgan fingerprint density at radius 3 is 2.10 bits per heavy atom. The first-order chi connectivity index (χ1) is 4.81. The normalized spacial score (nSPS) is 17.1. The maximum Gasteiger partial charge on any atom is 0.135 e. The molecule has 2 heteroatoms. The minimum atomic E-state index is 0.402. The summed E-state index contributed by atoms with van der Waals surface area (Å²) < 4.78 is 0. The molecule has 0 aromatic rings. The van der Waals surface area contributed by atoms with E-state index in [1.165, 1.54) is 0 Å². The zero-order chi connectivity index (χ0) is 7.82. The summed E-state index contributed by atoms with van der Waals surface area (Å²) in [5.74, 6) is 0.402. The number of piperidine rings is 1. The molecule has 1 saturated heterocycles. The highest BCUT2D eigenvalue weighted by molar-refractivity contribution is 5.79. The molecule has 0 atom stereocenters. The molecule has 0 aromatic heterocycles. The monoisotopic (exact) mass is 141 g/mol. The third kappa shape index (κ3) is 5.51. The summed E-state index contributed by atoms with van der Waals surface area (Å²) in [4.78, 5) is 10.4. The maximum absolute atomic E-state index is 10.4. The van der Waals surface area contributed by atoms with Crippen molar-refractivity contribution >= 4 is 5.78 Å². The van der Waals surface area contributed by atoms with Gasteiger partial charge in [-0.25, -0.2) is 0 Å². The molecule has 0 radical (unpaired) electrons. The number of allylic oxidation sites excluding steroid dienone is 1. The van der Waals surface area contributed by atoms with Crippen LogP contribution in [-0.2, 0) is 4.79 Å². The molecule has 1 fully saturated rings. The Labute approximate surface area is 62.3 Å². The number of ketones is 1. The maximum atomic E-state index is 10.4. The lowest BCUT2D eigenvalue weighted by Crippen LogP contribution is -2.27. The summed E-state index contributed by atoms with van der Waals surface area (Å²) >= 11 is 0. The smallest absolute Gasteiger partial charge is 0.135 e. The summed E-state index contributed by atoms with van der Waals surface area (Å²) in [6.07, 6.45) is 3.22. The SMILES string of the molecule is C=CC.O=C1CCNCC1. The van der Waals surface area contributed by atoms with Gasteiger partial charge in [0.2, 0.25) is 0 Å². The molecule has 1 aliphatic rings. The van der Waals surface area contributed by atoms with Crippen molar-refractivity contribution in [1.82, 2.24) is 5.32 Å². The van der Waals surface area contributed by atoms with Gasteiger partial charge in [-0.2, -0.15) is 0 Å². The minimum absolute atomic E-state index is 0.402. The summed E-state index contributed by atoms with van der Waals surface area (Å²) in [6, 6.07) is 0. The molecule has 1 rings (SSSR count). The molecule has 0 aromatic carbocycles. The van der Waals surface area contributed by atoms with Gasteiger partial charge in [-0.3, -0.25) is 4.79 Å². The van der Waals surface area contributed by atoms with Crippen LogP contribution in [0.15, 0.2) is 12.7 Å². The Bertz CT molecular complexity index is 102. The molecule has 10 heavy (non-hydrogen) atoms. The highest BCUT2D eigenvalue weighted by Crippen LogP contribution is 1.91. The molecule has 0 amide bonds. The highest BCUT2D eigenvalue weighted by atomic mass is 16.1. The number of hydrogen-bond donors (Lipinski definition) is 1. The van der Waals surface area contributed by atoms with Crippen molar-refractivity contribution < 1.29 is 4.79 Å². The molecular formula is C8H15NO. The molecular weight excluding hydrogens is 126 g/mol. The van der Waals surface area contributed by atoms with Crippen LogP contribution in [0.25, 0.3) is 0 Å². The Morgan fingerprint density at radius 1 is 1.50 bits per heavy atom. The second-order valence-corrected chi connectivity index (χ2v) is 2.20. The summed E-state index contributed by atoms with van der Waals surface area (Å²) in [5, 5.41) is 3.09. The summed E-state index contributed by atoms with van der Waals surface area (Å²) in [6.45, 7) is 7.03. The van der Waals surface area contributed by atoms with Crippen LogP contribution < -0.4 is 5.32 Å². The van der Waals surface area contributed by atoms with Gasteiger partial charge in [0, 0.05) is 25.9 Å². The fourth-order valence-corrected chi connectivity index (χ4v) is 0.706. The van der Waals surface area contributed by atoms with E-state index < -0.39 is 0 Å². The van der Waals surface area contributed by atoms with Crippen LogP contribution in [-0.4, -0.2) is 18.9 Å². The van der Waals surface area contributed by atoms with Crippen LogP contribution in [0.5, 0.6) is 0 Å². The zero-order valence-electron chi connectivity index (χ0n) is 6.52. The van der Waals surface area contributed by atoms with Crippen LogP contribution in [0.2, 0.25) is 0 Å². The van der Waals surface area contributed by atoms with E-state index in [1.807, 2.05) is 6.92 Å². The number of Topliss-reactive ketones (excluding diaryl/α,β-unsaturated/α-hetero) is 1. The van der Waals surface area contributed by atoms with E-state index in [2.05, 4.69) is 11.9 Å². The molecule has 2 nitrogen and oxygen atoms in total. The predicted octanol–water partition coefficient (Wildman–Crippen LogP) is 1.13. The molecule has 1 N–H and O–H groups in total. The average molecular weight is 141 g/mol. The average Bonchev–Trinajstić information content (AvgIpc) is 1.91. The topological polar surface area (TPSA) is 29.1 Å². The van der Waals surface area contributed by atoms with Crippen molar-refractivity contribution in [1.29, 1.82) is 0 Å². The van der Waals surface area contributed by atoms with Gasteiger partial charge in [-0.15, -0.1) is 6.58 Å². The van der Waals surface area contributed by atoms with Crippen LogP contribution in [0.1, 0.15) is 19.8 Å². The van der Waals surface area contributed by atoms with Crippen molar-refractivity contribution in [3.8, 4) is 0 Å². The van der Waals surface area contributed by atoms with Gasteiger partial charge in [0.25, 0.3) is 0 Å². The number of hydrogen-bond acceptors (Lipinski definition) is 2. The lowest BCUT2D eigenvalue weighted by Gasteiger charge is -2.08. The molecule has 0 unspecified atom stereocenters. The van der Waals surface area contributed by atoms with Crippen LogP contribution in [0.4, 0.5) is 0 Å². The minimum Gasteiger partial charge on any atom is -0.316 e. The van der Waals surface area contributed by atoms with E-state index in [1.54, 1.807) is 6.08 Å². The van der Waals surface area contributed by atoms with E-state index in [-0.39, 0.29) is 0 Å². The molecule has 0 bridgehead atoms. The van der Waals surface area contributed by atoms with E-state index in [0.717, 1.165) is 25.9 Å². The molecule has 1 aliphatic heterocycles. The summed E-state index contributed by atoms with van der Waals surface area (Å²) in [7, 11) is 0. The first-order valence-electron chi connectivity index (χ1n) is 3.60. The van der Waals surface area contributed by atoms with Crippen molar-refractivity contribution in [2.45, 2.75) is 19.8 Å². The van der Waals surface area contributed by atoms with Crippen molar-refractivity contribution in [3.63, 3.8) is 0 Å². The predicted molar refractivity (Wildman–Crippen MR) is 43.0 cm³/mol. The van der Waals surface area contributed by atoms with E-state index in [4.69, 9.17) is 0 Å². The molecule has 0 spiro atoms. The molecule has 1 heterocycles. The van der Waals surface area contributed by atoms with Gasteiger partial charge in [-0.05, 0) is 6.92 Å². The van der Waals surface area contributed by atoms with Crippen molar-refractivity contribution in [2.75, 3.05) is 13.1 Å². The van der Waals surface area contributed by atoms with Crippen molar-refractivity contribution in [2.24, 2.45) is 0 Å². The Kier molecular flexibility index (Phi) is 6.08. The van der Waals surface area contributed by atoms with Gasteiger partial charge in [0.15, 0.2) is 0 Å². The molecule has 0 saturated carbocycles. The largest absolute Gasteiger partial charge is 0.316 e. The number of rotatable bonds is 0. The second-order valence-electron chi connectivity index (χ2n) is 2.20. The van der Waals surface area contributed by atoms with Gasteiger partial charge in [0.1, 0.15) is 5.78 Å². The second kappa shape index (κ2) is 6.49. The van der Waals surface area contributed by atoms with Gasteiger partial charge in [0.05, 0.1) is 0 Å². The van der Waals surface area contributed by atoms with Crippen LogP contribution in [0, 0.1) is 0 Å². The fourth-order valence-electron chi connectivity index (χ4n) is 0.706. The fraction of sp³-hybridized carbons (Fsp3) is 0.625. The first-order valence-corrected chi connectivity index (χ1v) is 3.60. The lowest BCUT2D eigenvalue weighted by molar-refractivity contribution is -0.119. The van der Waals surface area contributed by atoms with Gasteiger partial charge >= 0.3 is 0 Å². The van der Waals surface area contributed by atoms with E-state index in [9.17, 15) is 4.79 Å². The van der Waals surface area contributed by atoms with E-state index >= 15 is 0 Å². The summed E-state index contributed by atoms with van der Waals surface area (Å²) in [5.41, 5.74) is 0. The quantitative estimate of drug-likeness (QED) is 0.512. The van der Waals surface area contributed by atoms with Crippen LogP contribution in [0.3, 0.4) is 0 Å². The number of carbonyl (C=O) groups excluding carboxylic acids is 1. The highest BCUT2D eigenvalue weighted by Gasteiger charge is 2.04. The van der Waals surface area contributed by atoms with Crippen molar-refractivity contribution in [3.05, 3.63) is 12.7 Å². The molecule has 58 valence electrons. The number of nitrogens with one attached hydrogen (secondary N) is 1. The Hall–Kier alpha value is -0.630. The van der Waals surface area contributed by atoms with Gasteiger partial charge in [-0.1, -0.05) is 6.08 Å².